The maximum absolute atomic E-state index is 13.7. The number of benzene rings is 3. The van der Waals surface area contributed by atoms with Gasteiger partial charge in [0.15, 0.2) is 0 Å². The van der Waals surface area contributed by atoms with Gasteiger partial charge in [-0.15, -0.1) is 0 Å². The summed E-state index contributed by atoms with van der Waals surface area (Å²) in [6, 6.07) is 19.6. The van der Waals surface area contributed by atoms with Gasteiger partial charge in [-0.3, -0.25) is 4.79 Å². The lowest BCUT2D eigenvalue weighted by Crippen LogP contribution is -2.32. The smallest absolute Gasteiger partial charge is 0.267 e. The Morgan fingerprint density at radius 3 is 2.33 bits per heavy atom. The van der Waals surface area contributed by atoms with Crippen molar-refractivity contribution in [3.63, 3.8) is 0 Å². The van der Waals surface area contributed by atoms with Gasteiger partial charge in [0.1, 0.15) is 11.6 Å². The Bertz CT molecular complexity index is 1250. The van der Waals surface area contributed by atoms with Crippen LogP contribution in [-0.4, -0.2) is 16.6 Å². The Morgan fingerprint density at radius 2 is 1.64 bits per heavy atom. The van der Waals surface area contributed by atoms with E-state index in [-0.39, 0.29) is 29.5 Å². The van der Waals surface area contributed by atoms with Crippen LogP contribution in [0.5, 0.6) is 0 Å². The molecule has 1 aliphatic heterocycles. The summed E-state index contributed by atoms with van der Waals surface area (Å²) in [6.07, 6.45) is 4.69. The molecule has 166 valence electrons. The van der Waals surface area contributed by atoms with E-state index in [0.29, 0.717) is 10.0 Å². The number of allylic oxidation sites excluding steroid dienone is 1. The molecule has 3 aromatic rings. The number of hydrogen-bond donors (Lipinski definition) is 0. The van der Waals surface area contributed by atoms with E-state index in [1.807, 2.05) is 24.3 Å². The Hall–Kier alpha value is -3.12. The first-order chi connectivity index (χ1) is 16.0. The SMILES string of the molecule is O=C(c1ccccc1Br)N1N=C2/C(=C\c3ccc(F)cc3)CCC[C@H]2[C@H]1c1ccc(F)cc1. The molecule has 1 aliphatic carbocycles. The Kier molecular flexibility index (Phi) is 5.94. The van der Waals surface area contributed by atoms with Crippen LogP contribution >= 0.6 is 15.9 Å². The largest absolute Gasteiger partial charge is 0.275 e. The molecule has 0 aromatic heterocycles. The fraction of sp³-hybridized carbons (Fsp3) is 0.185. The van der Waals surface area contributed by atoms with Crippen molar-refractivity contribution in [2.75, 3.05) is 0 Å². The van der Waals surface area contributed by atoms with Crippen molar-refractivity contribution in [2.45, 2.75) is 25.3 Å². The zero-order chi connectivity index (χ0) is 22.9. The number of halogens is 3. The molecule has 1 fully saturated rings. The second-order valence-corrected chi connectivity index (χ2v) is 9.19. The highest BCUT2D eigenvalue weighted by Crippen LogP contribution is 2.45. The van der Waals surface area contributed by atoms with Crippen LogP contribution in [0.4, 0.5) is 8.78 Å². The summed E-state index contributed by atoms with van der Waals surface area (Å²) in [4.78, 5) is 13.6. The van der Waals surface area contributed by atoms with Crippen LogP contribution < -0.4 is 0 Å². The van der Waals surface area contributed by atoms with Crippen LogP contribution in [0.2, 0.25) is 0 Å². The molecule has 6 heteroatoms. The van der Waals surface area contributed by atoms with Crippen LogP contribution in [0.3, 0.4) is 0 Å². The molecule has 33 heavy (non-hydrogen) atoms. The van der Waals surface area contributed by atoms with Crippen molar-refractivity contribution in [3.05, 3.63) is 111 Å². The molecule has 5 rings (SSSR count). The Morgan fingerprint density at radius 1 is 0.970 bits per heavy atom. The van der Waals surface area contributed by atoms with Crippen LogP contribution in [0.25, 0.3) is 6.08 Å². The fourth-order valence-electron chi connectivity index (χ4n) is 4.68. The predicted molar refractivity (Wildman–Crippen MR) is 129 cm³/mol. The molecule has 1 heterocycles. The van der Waals surface area contributed by atoms with Crippen molar-refractivity contribution in [2.24, 2.45) is 11.0 Å². The molecule has 2 aliphatic rings. The molecule has 2 atom stereocenters. The van der Waals surface area contributed by atoms with Crippen molar-refractivity contribution in [1.29, 1.82) is 0 Å². The Balaban J connectivity index is 1.59. The topological polar surface area (TPSA) is 32.7 Å². The quantitative estimate of drug-likeness (QED) is 0.370. The van der Waals surface area contributed by atoms with E-state index in [0.717, 1.165) is 41.7 Å². The lowest BCUT2D eigenvalue weighted by molar-refractivity contribution is 0.0680. The average molecular weight is 507 g/mol. The third kappa shape index (κ3) is 4.27. The van der Waals surface area contributed by atoms with Gasteiger partial charge in [0, 0.05) is 10.4 Å². The van der Waals surface area contributed by atoms with Crippen molar-refractivity contribution >= 4 is 33.6 Å². The maximum Gasteiger partial charge on any atom is 0.275 e. The van der Waals surface area contributed by atoms with Gasteiger partial charge in [-0.25, -0.2) is 13.8 Å². The summed E-state index contributed by atoms with van der Waals surface area (Å²) in [7, 11) is 0. The Labute approximate surface area is 199 Å². The van der Waals surface area contributed by atoms with E-state index in [1.165, 1.54) is 24.3 Å². The summed E-state index contributed by atoms with van der Waals surface area (Å²) in [5.41, 5.74) is 4.19. The summed E-state index contributed by atoms with van der Waals surface area (Å²) < 4.78 is 27.7. The third-order valence-electron chi connectivity index (χ3n) is 6.24. The van der Waals surface area contributed by atoms with Gasteiger partial charge in [-0.2, -0.15) is 5.10 Å². The number of carbonyl (C=O) groups is 1. The predicted octanol–water partition coefficient (Wildman–Crippen LogP) is 7.16. The number of fused-ring (bicyclic) bond motifs is 1. The van der Waals surface area contributed by atoms with Crippen molar-refractivity contribution < 1.29 is 13.6 Å². The number of hydrogen-bond acceptors (Lipinski definition) is 2. The molecular formula is C27H21BrF2N2O. The zero-order valence-corrected chi connectivity index (χ0v) is 19.3. The third-order valence-corrected chi connectivity index (χ3v) is 6.93. The molecular weight excluding hydrogens is 486 g/mol. The maximum atomic E-state index is 13.7. The summed E-state index contributed by atoms with van der Waals surface area (Å²) in [5, 5.41) is 6.40. The second kappa shape index (κ2) is 9.02. The van der Waals surface area contributed by atoms with Gasteiger partial charge in [-0.05, 0) is 94.4 Å². The van der Waals surface area contributed by atoms with E-state index in [2.05, 4.69) is 15.9 Å². The highest BCUT2D eigenvalue weighted by molar-refractivity contribution is 9.10. The van der Waals surface area contributed by atoms with Gasteiger partial charge in [0.05, 0.1) is 17.3 Å². The molecule has 0 saturated heterocycles. The zero-order valence-electron chi connectivity index (χ0n) is 17.7. The minimum atomic E-state index is -0.322. The lowest BCUT2D eigenvalue weighted by atomic mass is 9.77. The van der Waals surface area contributed by atoms with Gasteiger partial charge in [-0.1, -0.05) is 36.4 Å². The molecule has 0 bridgehead atoms. The van der Waals surface area contributed by atoms with E-state index < -0.39 is 0 Å². The molecule has 0 unspecified atom stereocenters. The first-order valence-corrected chi connectivity index (χ1v) is 11.7. The first-order valence-electron chi connectivity index (χ1n) is 10.9. The standard InChI is InChI=1S/C27H21BrF2N2O/c28-24-7-2-1-5-22(24)27(33)32-26(18-10-14-21(30)15-11-18)23-6-3-4-19(25(23)31-32)16-17-8-12-20(29)13-9-17/h1-2,5,7-16,23,26H,3-4,6H2/b19-16-/t23-,26-/m1/s1. The highest BCUT2D eigenvalue weighted by Gasteiger charge is 2.44. The molecule has 1 amide bonds. The number of rotatable bonds is 3. The number of nitrogens with zero attached hydrogens (tertiary/aromatic N) is 2. The first kappa shape index (κ1) is 21.7. The van der Waals surface area contributed by atoms with Gasteiger partial charge < -0.3 is 0 Å². The molecule has 0 spiro atoms. The van der Waals surface area contributed by atoms with Crippen LogP contribution in [0.15, 0.2) is 87.9 Å². The van der Waals surface area contributed by atoms with Crippen LogP contribution in [0, 0.1) is 17.6 Å². The highest BCUT2D eigenvalue weighted by atomic mass is 79.9. The monoisotopic (exact) mass is 506 g/mol. The second-order valence-electron chi connectivity index (χ2n) is 8.33. The van der Waals surface area contributed by atoms with Crippen LogP contribution in [0.1, 0.15) is 46.8 Å². The molecule has 0 radical (unpaired) electrons. The van der Waals surface area contributed by atoms with Gasteiger partial charge >= 0.3 is 0 Å². The number of hydrazone groups is 1. The van der Waals surface area contributed by atoms with E-state index >= 15 is 0 Å². The van der Waals surface area contributed by atoms with Gasteiger partial charge in [0.2, 0.25) is 0 Å². The molecule has 1 saturated carbocycles. The fourth-order valence-corrected chi connectivity index (χ4v) is 5.13. The van der Waals surface area contributed by atoms with E-state index in [9.17, 15) is 13.6 Å². The summed E-state index contributed by atoms with van der Waals surface area (Å²) in [6.45, 7) is 0. The van der Waals surface area contributed by atoms with Crippen molar-refractivity contribution in [3.8, 4) is 0 Å². The lowest BCUT2D eigenvalue weighted by Gasteiger charge is -2.29. The van der Waals surface area contributed by atoms with Gasteiger partial charge in [0.25, 0.3) is 5.91 Å². The average Bonchev–Trinajstić information content (AvgIpc) is 3.22. The number of carbonyl (C=O) groups excluding carboxylic acids is 1. The molecule has 3 aromatic carbocycles. The minimum Gasteiger partial charge on any atom is -0.267 e. The van der Waals surface area contributed by atoms with Crippen molar-refractivity contribution in [1.82, 2.24) is 5.01 Å². The van der Waals surface area contributed by atoms with E-state index in [1.54, 1.807) is 35.3 Å². The number of amides is 1. The minimum absolute atomic E-state index is 0.00217. The summed E-state index contributed by atoms with van der Waals surface area (Å²) >= 11 is 3.48. The normalized spacial score (nSPS) is 21.1. The summed E-state index contributed by atoms with van der Waals surface area (Å²) in [5.74, 6) is -0.803. The molecule has 3 nitrogen and oxygen atoms in total. The molecule has 0 N–H and O–H groups in total. The van der Waals surface area contributed by atoms with Crippen LogP contribution in [-0.2, 0) is 0 Å². The van der Waals surface area contributed by atoms with E-state index in [4.69, 9.17) is 5.10 Å².